The number of thiophene rings is 1. The van der Waals surface area contributed by atoms with Crippen molar-refractivity contribution < 1.29 is 5.11 Å². The summed E-state index contributed by atoms with van der Waals surface area (Å²) in [6, 6.07) is 19.2. The maximum Gasteiger partial charge on any atom is 0.0681 e. The Morgan fingerprint density at radius 2 is 1.58 bits per heavy atom. The first-order chi connectivity index (χ1) is 11.7. The second kappa shape index (κ2) is 8.81. The molecule has 0 fully saturated rings. The Bertz CT molecular complexity index is 769. The maximum absolute atomic E-state index is 9.12. The van der Waals surface area contributed by atoms with Crippen molar-refractivity contribution in [3.05, 3.63) is 81.7 Å². The summed E-state index contributed by atoms with van der Waals surface area (Å²) in [5.41, 5.74) is 6.25. The van der Waals surface area contributed by atoms with E-state index in [0.29, 0.717) is 0 Å². The van der Waals surface area contributed by atoms with Gasteiger partial charge in [0.1, 0.15) is 0 Å². The molecule has 126 valence electrons. The number of aliphatic hydroxyl groups excluding tert-OH is 1. The third-order valence-corrected chi connectivity index (χ3v) is 5.09. The Labute approximate surface area is 149 Å². The van der Waals surface area contributed by atoms with Crippen LogP contribution in [0.5, 0.6) is 0 Å². The van der Waals surface area contributed by atoms with Crippen molar-refractivity contribution in [1.82, 2.24) is 0 Å². The fourth-order valence-electron chi connectivity index (χ4n) is 2.58. The van der Waals surface area contributed by atoms with Gasteiger partial charge in [-0.3, -0.25) is 0 Å². The zero-order chi connectivity index (χ0) is 17.5. The molecule has 1 heterocycles. The molecule has 0 unspecified atom stereocenters. The topological polar surface area (TPSA) is 20.2 Å². The molecule has 0 radical (unpaired) electrons. The molecule has 1 aromatic heterocycles. The zero-order valence-electron chi connectivity index (χ0n) is 15.0. The van der Waals surface area contributed by atoms with Crippen molar-refractivity contribution in [1.29, 1.82) is 0 Å². The van der Waals surface area contributed by atoms with Crippen LogP contribution in [0.4, 0.5) is 0 Å². The van der Waals surface area contributed by atoms with Crippen molar-refractivity contribution in [2.75, 3.05) is 0 Å². The van der Waals surface area contributed by atoms with Crippen LogP contribution in [-0.2, 0) is 13.0 Å². The van der Waals surface area contributed by atoms with Gasteiger partial charge in [-0.1, -0.05) is 61.9 Å². The summed E-state index contributed by atoms with van der Waals surface area (Å²) in [6.45, 7) is 8.42. The molecular formula is C22H26OS. The summed E-state index contributed by atoms with van der Waals surface area (Å²) in [7, 11) is 0. The standard InChI is InChI=1S/C20H20OS.C2H6/c1-14-3-4-15(2)18(11-14)12-19-9-10-20(22-19)17-7-5-16(13-21)6-8-17;1-2/h3-11,21H,12-13H2,1-2H3;1-2H3. The lowest BCUT2D eigenvalue weighted by Crippen LogP contribution is -1.90. The van der Waals surface area contributed by atoms with Gasteiger partial charge < -0.3 is 5.11 Å². The Kier molecular flexibility index (Phi) is 6.77. The third-order valence-electron chi connectivity index (χ3n) is 3.95. The average Bonchev–Trinajstić information content (AvgIpc) is 3.08. The van der Waals surface area contributed by atoms with Gasteiger partial charge in [-0.25, -0.2) is 0 Å². The summed E-state index contributed by atoms with van der Waals surface area (Å²) in [4.78, 5) is 2.67. The van der Waals surface area contributed by atoms with E-state index in [1.54, 1.807) is 0 Å². The van der Waals surface area contributed by atoms with Crippen molar-refractivity contribution in [3.63, 3.8) is 0 Å². The van der Waals surface area contributed by atoms with E-state index in [1.165, 1.54) is 32.0 Å². The van der Waals surface area contributed by atoms with Gasteiger partial charge >= 0.3 is 0 Å². The van der Waals surface area contributed by atoms with Crippen LogP contribution in [0.15, 0.2) is 54.6 Å². The van der Waals surface area contributed by atoms with E-state index >= 15 is 0 Å². The lowest BCUT2D eigenvalue weighted by Gasteiger charge is -2.05. The van der Waals surface area contributed by atoms with E-state index < -0.39 is 0 Å². The fraction of sp³-hybridized carbons (Fsp3) is 0.273. The number of aryl methyl sites for hydroxylation is 2. The van der Waals surface area contributed by atoms with Crippen molar-refractivity contribution in [2.24, 2.45) is 0 Å². The molecular weight excluding hydrogens is 312 g/mol. The molecule has 0 saturated heterocycles. The minimum Gasteiger partial charge on any atom is -0.392 e. The highest BCUT2D eigenvalue weighted by Crippen LogP contribution is 2.30. The molecule has 0 aliphatic carbocycles. The van der Waals surface area contributed by atoms with Crippen LogP contribution in [0.25, 0.3) is 10.4 Å². The molecule has 0 bridgehead atoms. The van der Waals surface area contributed by atoms with E-state index in [0.717, 1.165) is 12.0 Å². The monoisotopic (exact) mass is 338 g/mol. The molecule has 1 N–H and O–H groups in total. The van der Waals surface area contributed by atoms with Crippen LogP contribution in [0, 0.1) is 13.8 Å². The molecule has 2 heteroatoms. The lowest BCUT2D eigenvalue weighted by molar-refractivity contribution is 0.282. The minimum absolute atomic E-state index is 0.0998. The molecule has 0 aliphatic heterocycles. The third kappa shape index (κ3) is 4.56. The zero-order valence-corrected chi connectivity index (χ0v) is 15.8. The Morgan fingerprint density at radius 3 is 2.25 bits per heavy atom. The predicted molar refractivity (Wildman–Crippen MR) is 106 cm³/mol. The van der Waals surface area contributed by atoms with Crippen molar-refractivity contribution >= 4 is 11.3 Å². The molecule has 0 saturated carbocycles. The SMILES string of the molecule is CC.Cc1ccc(C)c(Cc2ccc(-c3ccc(CO)cc3)s2)c1. The van der Waals surface area contributed by atoms with Gasteiger partial charge in [0.2, 0.25) is 0 Å². The van der Waals surface area contributed by atoms with Crippen LogP contribution in [0.2, 0.25) is 0 Å². The smallest absolute Gasteiger partial charge is 0.0681 e. The molecule has 24 heavy (non-hydrogen) atoms. The highest BCUT2D eigenvalue weighted by Gasteiger charge is 2.06. The van der Waals surface area contributed by atoms with Crippen molar-refractivity contribution in [3.8, 4) is 10.4 Å². The van der Waals surface area contributed by atoms with Crippen LogP contribution in [-0.4, -0.2) is 5.11 Å². The second-order valence-electron chi connectivity index (χ2n) is 5.73. The molecule has 3 rings (SSSR count). The van der Waals surface area contributed by atoms with Crippen LogP contribution >= 0.6 is 11.3 Å². The summed E-state index contributed by atoms with van der Waals surface area (Å²) in [6.07, 6.45) is 0.993. The molecule has 0 spiro atoms. The Balaban J connectivity index is 0.00000100. The quantitative estimate of drug-likeness (QED) is 0.605. The number of benzene rings is 2. The van der Waals surface area contributed by atoms with E-state index in [2.05, 4.69) is 56.3 Å². The van der Waals surface area contributed by atoms with Crippen LogP contribution in [0.1, 0.15) is 41.0 Å². The minimum atomic E-state index is 0.0998. The number of hydrogen-bond acceptors (Lipinski definition) is 2. The number of hydrogen-bond donors (Lipinski definition) is 1. The largest absolute Gasteiger partial charge is 0.392 e. The highest BCUT2D eigenvalue weighted by molar-refractivity contribution is 7.15. The van der Waals surface area contributed by atoms with E-state index in [1.807, 2.05) is 37.3 Å². The lowest BCUT2D eigenvalue weighted by atomic mass is 10.0. The van der Waals surface area contributed by atoms with Gasteiger partial charge in [-0.05, 0) is 48.2 Å². The molecule has 0 amide bonds. The molecule has 0 aliphatic rings. The molecule has 2 aromatic carbocycles. The second-order valence-corrected chi connectivity index (χ2v) is 6.90. The summed E-state index contributed by atoms with van der Waals surface area (Å²) < 4.78 is 0. The molecule has 3 aromatic rings. The van der Waals surface area contributed by atoms with Crippen LogP contribution < -0.4 is 0 Å². The predicted octanol–water partition coefficient (Wildman–Crippen LogP) is 6.14. The molecule has 1 nitrogen and oxygen atoms in total. The van der Waals surface area contributed by atoms with Gasteiger partial charge in [-0.15, -0.1) is 11.3 Å². The van der Waals surface area contributed by atoms with Gasteiger partial charge in [-0.2, -0.15) is 0 Å². The van der Waals surface area contributed by atoms with E-state index in [-0.39, 0.29) is 6.61 Å². The van der Waals surface area contributed by atoms with Gasteiger partial charge in [0.05, 0.1) is 6.61 Å². The van der Waals surface area contributed by atoms with Crippen molar-refractivity contribution in [2.45, 2.75) is 40.7 Å². The van der Waals surface area contributed by atoms with Gasteiger partial charge in [0.15, 0.2) is 0 Å². The van der Waals surface area contributed by atoms with Gasteiger partial charge in [0, 0.05) is 16.2 Å². The first-order valence-electron chi connectivity index (χ1n) is 8.51. The molecule has 0 atom stereocenters. The maximum atomic E-state index is 9.12. The first-order valence-corrected chi connectivity index (χ1v) is 9.32. The number of rotatable bonds is 4. The summed E-state index contributed by atoms with van der Waals surface area (Å²) >= 11 is 1.85. The summed E-state index contributed by atoms with van der Waals surface area (Å²) in [5.74, 6) is 0. The number of aliphatic hydroxyl groups is 1. The van der Waals surface area contributed by atoms with Crippen LogP contribution in [0.3, 0.4) is 0 Å². The van der Waals surface area contributed by atoms with E-state index in [9.17, 15) is 0 Å². The Morgan fingerprint density at radius 1 is 0.875 bits per heavy atom. The highest BCUT2D eigenvalue weighted by atomic mass is 32.1. The van der Waals surface area contributed by atoms with Gasteiger partial charge in [0.25, 0.3) is 0 Å². The van der Waals surface area contributed by atoms with E-state index in [4.69, 9.17) is 5.11 Å². The Hall–Kier alpha value is -1.90. The summed E-state index contributed by atoms with van der Waals surface area (Å²) in [5, 5.41) is 9.12. The fourth-order valence-corrected chi connectivity index (χ4v) is 3.62. The normalized spacial score (nSPS) is 10.2. The first kappa shape index (κ1) is 18.4. The average molecular weight is 339 g/mol.